The molecule has 1 fully saturated rings. The molecule has 1 saturated heterocycles. The fraction of sp³-hybridized carbons (Fsp3) is 0.643. The van der Waals surface area contributed by atoms with Gasteiger partial charge in [-0.05, 0) is 75.3 Å². The first-order valence-electron chi connectivity index (χ1n) is 12.9. The first-order valence-corrected chi connectivity index (χ1v) is 12.9. The Kier molecular flexibility index (Phi) is 10.6. The maximum absolute atomic E-state index is 6.08. The van der Waals surface area contributed by atoms with Gasteiger partial charge in [-0.3, -0.25) is 0 Å². The lowest BCUT2D eigenvalue weighted by Crippen LogP contribution is -2.31. The molecule has 1 aromatic heterocycles. The molecule has 4 heteroatoms. The molecule has 1 aromatic carbocycles. The van der Waals surface area contributed by atoms with E-state index in [0.29, 0.717) is 12.0 Å². The average Bonchev–Trinajstić information content (AvgIpc) is 3.27. The monoisotopic (exact) mass is 437 g/mol. The minimum absolute atomic E-state index is 0.422. The topological polar surface area (TPSA) is 47.0 Å². The third kappa shape index (κ3) is 7.97. The Bertz CT molecular complexity index is 790. The second-order valence-corrected chi connectivity index (χ2v) is 9.49. The van der Waals surface area contributed by atoms with Gasteiger partial charge in [0.1, 0.15) is 0 Å². The molecule has 4 nitrogen and oxygen atoms in total. The Morgan fingerprint density at radius 2 is 1.72 bits per heavy atom. The normalized spacial score (nSPS) is 18.3. The smallest absolute Gasteiger partial charge is 0.0632 e. The van der Waals surface area contributed by atoms with Gasteiger partial charge < -0.3 is 10.1 Å². The van der Waals surface area contributed by atoms with Gasteiger partial charge in [-0.15, -0.1) is 0 Å². The van der Waals surface area contributed by atoms with E-state index in [9.17, 15) is 0 Å². The van der Waals surface area contributed by atoms with Crippen molar-refractivity contribution in [3.63, 3.8) is 0 Å². The summed E-state index contributed by atoms with van der Waals surface area (Å²) in [5.41, 5.74) is 6.26. The first kappa shape index (κ1) is 24.9. The largest absolute Gasteiger partial charge is 0.380 e. The molecule has 0 saturated carbocycles. The SMILES string of the molecule is CCCCCCCCc1ccc([C@H]2CCN[C@@H]2COCCCc2cc(C)nnc2C)cc1. The summed E-state index contributed by atoms with van der Waals surface area (Å²) in [4.78, 5) is 0. The van der Waals surface area contributed by atoms with E-state index in [1.165, 1.54) is 68.1 Å². The highest BCUT2D eigenvalue weighted by atomic mass is 16.5. The van der Waals surface area contributed by atoms with E-state index < -0.39 is 0 Å². The summed E-state index contributed by atoms with van der Waals surface area (Å²) in [7, 11) is 0. The predicted octanol–water partition coefficient (Wildman–Crippen LogP) is 6.09. The Morgan fingerprint density at radius 3 is 2.53 bits per heavy atom. The van der Waals surface area contributed by atoms with Crippen LogP contribution in [0.4, 0.5) is 0 Å². The van der Waals surface area contributed by atoms with Crippen molar-refractivity contribution in [3.05, 3.63) is 58.4 Å². The van der Waals surface area contributed by atoms with Crippen molar-refractivity contribution < 1.29 is 4.74 Å². The minimum atomic E-state index is 0.422. The van der Waals surface area contributed by atoms with E-state index in [4.69, 9.17) is 4.74 Å². The fourth-order valence-electron chi connectivity index (χ4n) is 4.81. The number of unbranched alkanes of at least 4 members (excludes halogenated alkanes) is 5. The molecule has 1 aliphatic heterocycles. The Balaban J connectivity index is 1.37. The third-order valence-electron chi connectivity index (χ3n) is 6.81. The molecule has 0 aliphatic carbocycles. The van der Waals surface area contributed by atoms with E-state index in [1.807, 2.05) is 13.8 Å². The molecule has 0 unspecified atom stereocenters. The van der Waals surface area contributed by atoms with Crippen molar-refractivity contribution in [2.24, 2.45) is 0 Å². The Hall–Kier alpha value is -1.78. The predicted molar refractivity (Wildman–Crippen MR) is 133 cm³/mol. The maximum Gasteiger partial charge on any atom is 0.0632 e. The van der Waals surface area contributed by atoms with Crippen LogP contribution in [0.25, 0.3) is 0 Å². The zero-order valence-corrected chi connectivity index (χ0v) is 20.5. The summed E-state index contributed by atoms with van der Waals surface area (Å²) >= 11 is 0. The summed E-state index contributed by atoms with van der Waals surface area (Å²) in [6, 6.07) is 12.0. The van der Waals surface area contributed by atoms with Gasteiger partial charge >= 0.3 is 0 Å². The summed E-state index contributed by atoms with van der Waals surface area (Å²) in [5, 5.41) is 12.0. The van der Waals surface area contributed by atoms with Gasteiger partial charge in [-0.2, -0.15) is 10.2 Å². The zero-order valence-electron chi connectivity index (χ0n) is 20.5. The quantitative estimate of drug-likeness (QED) is 0.363. The highest BCUT2D eigenvalue weighted by Gasteiger charge is 2.28. The van der Waals surface area contributed by atoms with Crippen LogP contribution in [0, 0.1) is 13.8 Å². The first-order chi connectivity index (χ1) is 15.7. The number of hydrogen-bond donors (Lipinski definition) is 1. The van der Waals surface area contributed by atoms with Crippen LogP contribution in [0.5, 0.6) is 0 Å². The van der Waals surface area contributed by atoms with E-state index in [-0.39, 0.29) is 0 Å². The van der Waals surface area contributed by atoms with Gasteiger partial charge in [-0.25, -0.2) is 0 Å². The Morgan fingerprint density at radius 1 is 0.938 bits per heavy atom. The van der Waals surface area contributed by atoms with Crippen molar-refractivity contribution in [3.8, 4) is 0 Å². The van der Waals surface area contributed by atoms with Gasteiger partial charge in [0.2, 0.25) is 0 Å². The van der Waals surface area contributed by atoms with Gasteiger partial charge in [-0.1, -0.05) is 63.3 Å². The third-order valence-corrected chi connectivity index (χ3v) is 6.81. The minimum Gasteiger partial charge on any atom is -0.380 e. The summed E-state index contributed by atoms with van der Waals surface area (Å²) < 4.78 is 6.08. The van der Waals surface area contributed by atoms with Crippen molar-refractivity contribution in [2.75, 3.05) is 19.8 Å². The van der Waals surface area contributed by atoms with E-state index in [2.05, 4.69) is 52.8 Å². The lowest BCUT2D eigenvalue weighted by atomic mass is 9.91. The zero-order chi connectivity index (χ0) is 22.6. The number of ether oxygens (including phenoxy) is 1. The standard InChI is InChI=1S/C28H43N3O/c1-4-5-6-7-8-9-11-24-13-15-25(16-14-24)27-17-18-29-28(27)21-32-19-10-12-26-20-22(2)30-31-23(26)3/h13-16,20,27-29H,4-12,17-19,21H2,1-3H3/t27-,28-/m1/s1. The number of nitrogens with zero attached hydrogens (tertiary/aromatic N) is 2. The number of hydrogen-bond acceptors (Lipinski definition) is 4. The van der Waals surface area contributed by atoms with Crippen LogP contribution in [-0.2, 0) is 17.6 Å². The van der Waals surface area contributed by atoms with Crippen LogP contribution >= 0.6 is 0 Å². The van der Waals surface area contributed by atoms with Crippen LogP contribution in [0.2, 0.25) is 0 Å². The van der Waals surface area contributed by atoms with E-state index in [0.717, 1.165) is 44.0 Å². The van der Waals surface area contributed by atoms with Crippen LogP contribution in [0.1, 0.15) is 92.3 Å². The molecule has 0 radical (unpaired) electrons. The molecule has 2 heterocycles. The van der Waals surface area contributed by atoms with E-state index >= 15 is 0 Å². The molecule has 2 aromatic rings. The highest BCUT2D eigenvalue weighted by Crippen LogP contribution is 2.28. The lowest BCUT2D eigenvalue weighted by Gasteiger charge is -2.20. The van der Waals surface area contributed by atoms with Crippen molar-refractivity contribution in [1.29, 1.82) is 0 Å². The molecular weight excluding hydrogens is 394 g/mol. The number of benzene rings is 1. The van der Waals surface area contributed by atoms with E-state index in [1.54, 1.807) is 0 Å². The lowest BCUT2D eigenvalue weighted by molar-refractivity contribution is 0.110. The molecule has 176 valence electrons. The Labute approximate surface area is 195 Å². The van der Waals surface area contributed by atoms with Crippen molar-refractivity contribution in [2.45, 2.75) is 96.9 Å². The van der Waals surface area contributed by atoms with Gasteiger partial charge in [0.05, 0.1) is 18.0 Å². The van der Waals surface area contributed by atoms with Crippen LogP contribution in [-0.4, -0.2) is 36.0 Å². The molecule has 0 spiro atoms. The second kappa shape index (κ2) is 13.7. The highest BCUT2D eigenvalue weighted by molar-refractivity contribution is 5.27. The summed E-state index contributed by atoms with van der Waals surface area (Å²) in [6.07, 6.45) is 12.6. The molecule has 0 amide bonds. The number of aromatic nitrogens is 2. The van der Waals surface area contributed by atoms with Crippen LogP contribution < -0.4 is 5.32 Å². The second-order valence-electron chi connectivity index (χ2n) is 9.49. The van der Waals surface area contributed by atoms with Crippen molar-refractivity contribution in [1.82, 2.24) is 15.5 Å². The van der Waals surface area contributed by atoms with Crippen molar-refractivity contribution >= 4 is 0 Å². The molecule has 1 N–H and O–H groups in total. The molecular formula is C28H43N3O. The van der Waals surface area contributed by atoms with Crippen LogP contribution in [0.3, 0.4) is 0 Å². The van der Waals surface area contributed by atoms with Crippen LogP contribution in [0.15, 0.2) is 30.3 Å². The van der Waals surface area contributed by atoms with Gasteiger partial charge in [0.15, 0.2) is 0 Å². The summed E-state index contributed by atoms with van der Waals surface area (Å²) in [5.74, 6) is 0.562. The molecule has 3 rings (SSSR count). The molecule has 32 heavy (non-hydrogen) atoms. The number of aryl methyl sites for hydroxylation is 4. The average molecular weight is 438 g/mol. The summed E-state index contributed by atoms with van der Waals surface area (Å²) in [6.45, 7) is 8.98. The van der Waals surface area contributed by atoms with Gasteiger partial charge in [0, 0.05) is 18.6 Å². The molecule has 2 atom stereocenters. The number of nitrogens with one attached hydrogen (secondary N) is 1. The molecule has 0 bridgehead atoms. The number of rotatable bonds is 14. The molecule has 1 aliphatic rings. The van der Waals surface area contributed by atoms with Gasteiger partial charge in [0.25, 0.3) is 0 Å². The fourth-order valence-corrected chi connectivity index (χ4v) is 4.81. The maximum atomic E-state index is 6.08.